The summed E-state index contributed by atoms with van der Waals surface area (Å²) in [5, 5.41) is 2.92. The second-order valence-corrected chi connectivity index (χ2v) is 6.42. The molecular weight excluding hydrogens is 312 g/mol. The first kappa shape index (κ1) is 13.2. The third-order valence-electron chi connectivity index (χ3n) is 2.66. The molecule has 0 saturated carbocycles. The number of aromatic nitrogens is 1. The number of hydrogen-bond acceptors (Lipinski definition) is 3. The van der Waals surface area contributed by atoms with E-state index in [2.05, 4.69) is 26.2 Å². The fourth-order valence-corrected chi connectivity index (χ4v) is 2.99. The number of thiophene rings is 1. The van der Waals surface area contributed by atoms with E-state index in [9.17, 15) is 4.79 Å². The van der Waals surface area contributed by atoms with E-state index in [0.29, 0.717) is 6.54 Å². The van der Waals surface area contributed by atoms with Crippen molar-refractivity contribution in [1.82, 2.24) is 10.3 Å². The Morgan fingerprint density at radius 2 is 2.22 bits per heavy atom. The maximum Gasteiger partial charge on any atom is 0.261 e. The number of pyridine rings is 1. The monoisotopic (exact) mass is 324 g/mol. The van der Waals surface area contributed by atoms with Crippen molar-refractivity contribution in [2.45, 2.75) is 20.4 Å². The van der Waals surface area contributed by atoms with Gasteiger partial charge in [0.05, 0.1) is 8.66 Å². The predicted molar refractivity (Wildman–Crippen MR) is 76.9 cm³/mol. The minimum atomic E-state index is -0.0370. The van der Waals surface area contributed by atoms with Gasteiger partial charge >= 0.3 is 0 Å². The summed E-state index contributed by atoms with van der Waals surface area (Å²) in [6, 6.07) is 3.81. The van der Waals surface area contributed by atoms with E-state index in [1.54, 1.807) is 12.4 Å². The zero-order chi connectivity index (χ0) is 13.1. The fraction of sp³-hybridized carbons (Fsp3) is 0.231. The van der Waals surface area contributed by atoms with Gasteiger partial charge in [0.2, 0.25) is 0 Å². The number of amides is 1. The Hall–Kier alpha value is -1.20. The largest absolute Gasteiger partial charge is 0.347 e. The highest BCUT2D eigenvalue weighted by Gasteiger charge is 2.11. The van der Waals surface area contributed by atoms with E-state index in [1.807, 2.05) is 26.0 Å². The standard InChI is InChI=1S/C13H13BrN2OS/c1-8-5-11(18-12(8)14)13(17)16-7-10-3-4-15-6-9(10)2/h3-6H,7H2,1-2H3,(H,16,17). The maximum atomic E-state index is 12.0. The number of hydrogen-bond donors (Lipinski definition) is 1. The molecule has 94 valence electrons. The van der Waals surface area contributed by atoms with Crippen LogP contribution >= 0.6 is 27.3 Å². The molecule has 0 aliphatic carbocycles. The molecule has 0 aromatic carbocycles. The molecule has 0 spiro atoms. The van der Waals surface area contributed by atoms with E-state index in [1.165, 1.54) is 11.3 Å². The minimum absolute atomic E-state index is 0.0370. The Kier molecular flexibility index (Phi) is 4.14. The van der Waals surface area contributed by atoms with Crippen LogP contribution in [-0.4, -0.2) is 10.9 Å². The fourth-order valence-electron chi connectivity index (χ4n) is 1.53. The van der Waals surface area contributed by atoms with E-state index in [0.717, 1.165) is 25.4 Å². The molecule has 0 saturated heterocycles. The molecule has 2 aromatic rings. The summed E-state index contributed by atoms with van der Waals surface area (Å²) in [4.78, 5) is 16.7. The van der Waals surface area contributed by atoms with E-state index in [4.69, 9.17) is 0 Å². The maximum absolute atomic E-state index is 12.0. The van der Waals surface area contributed by atoms with E-state index < -0.39 is 0 Å². The molecule has 2 rings (SSSR count). The van der Waals surface area contributed by atoms with Crippen LogP contribution in [0.4, 0.5) is 0 Å². The molecule has 18 heavy (non-hydrogen) atoms. The van der Waals surface area contributed by atoms with Crippen LogP contribution in [0.2, 0.25) is 0 Å². The number of carbonyl (C=O) groups is 1. The average Bonchev–Trinajstić information content (AvgIpc) is 2.68. The third-order valence-corrected chi connectivity index (χ3v) is 4.79. The molecule has 1 amide bonds. The first-order valence-corrected chi connectivity index (χ1v) is 7.12. The number of rotatable bonds is 3. The van der Waals surface area contributed by atoms with Gasteiger partial charge in [0, 0.05) is 18.9 Å². The molecule has 1 N–H and O–H groups in total. The smallest absolute Gasteiger partial charge is 0.261 e. The van der Waals surface area contributed by atoms with Gasteiger partial charge in [0.25, 0.3) is 5.91 Å². The highest BCUT2D eigenvalue weighted by molar-refractivity contribution is 9.11. The molecule has 2 aromatic heterocycles. The molecule has 2 heterocycles. The Balaban J connectivity index is 2.03. The van der Waals surface area contributed by atoms with Gasteiger partial charge in [0.15, 0.2) is 0 Å². The lowest BCUT2D eigenvalue weighted by molar-refractivity contribution is 0.0955. The van der Waals surface area contributed by atoms with Gasteiger partial charge in [0.1, 0.15) is 0 Å². The van der Waals surface area contributed by atoms with Gasteiger partial charge in [-0.05, 0) is 58.6 Å². The molecule has 0 atom stereocenters. The minimum Gasteiger partial charge on any atom is -0.347 e. The first-order chi connectivity index (χ1) is 8.58. The molecule has 0 unspecified atom stereocenters. The van der Waals surface area contributed by atoms with E-state index >= 15 is 0 Å². The molecule has 0 fully saturated rings. The topological polar surface area (TPSA) is 42.0 Å². The summed E-state index contributed by atoms with van der Waals surface area (Å²) >= 11 is 4.88. The van der Waals surface area contributed by atoms with Crippen LogP contribution in [0.15, 0.2) is 28.3 Å². The van der Waals surface area contributed by atoms with Gasteiger partial charge in [-0.25, -0.2) is 0 Å². The highest BCUT2D eigenvalue weighted by atomic mass is 79.9. The van der Waals surface area contributed by atoms with Crippen LogP contribution in [0.5, 0.6) is 0 Å². The van der Waals surface area contributed by atoms with Crippen LogP contribution in [0, 0.1) is 13.8 Å². The first-order valence-electron chi connectivity index (χ1n) is 5.51. The summed E-state index contributed by atoms with van der Waals surface area (Å²) < 4.78 is 1.01. The Morgan fingerprint density at radius 1 is 1.44 bits per heavy atom. The lowest BCUT2D eigenvalue weighted by Crippen LogP contribution is -2.22. The summed E-state index contributed by atoms with van der Waals surface area (Å²) in [6.45, 7) is 4.49. The number of aryl methyl sites for hydroxylation is 2. The van der Waals surface area contributed by atoms with Crippen molar-refractivity contribution < 1.29 is 4.79 Å². The second-order valence-electron chi connectivity index (χ2n) is 4.05. The lowest BCUT2D eigenvalue weighted by atomic mass is 10.1. The summed E-state index contributed by atoms with van der Waals surface area (Å²) in [5.41, 5.74) is 3.26. The quantitative estimate of drug-likeness (QED) is 0.939. The van der Waals surface area contributed by atoms with E-state index in [-0.39, 0.29) is 5.91 Å². The van der Waals surface area contributed by atoms with Crippen molar-refractivity contribution >= 4 is 33.2 Å². The van der Waals surface area contributed by atoms with Crippen molar-refractivity contribution in [1.29, 1.82) is 0 Å². The van der Waals surface area contributed by atoms with Gasteiger partial charge in [-0.1, -0.05) is 0 Å². The molecule has 0 radical (unpaired) electrons. The molecule has 0 bridgehead atoms. The highest BCUT2D eigenvalue weighted by Crippen LogP contribution is 2.27. The Morgan fingerprint density at radius 3 is 2.83 bits per heavy atom. The summed E-state index contributed by atoms with van der Waals surface area (Å²) in [7, 11) is 0. The molecule has 5 heteroatoms. The summed E-state index contributed by atoms with van der Waals surface area (Å²) in [5.74, 6) is -0.0370. The number of halogens is 1. The zero-order valence-electron chi connectivity index (χ0n) is 10.2. The SMILES string of the molecule is Cc1cnccc1CNC(=O)c1cc(C)c(Br)s1. The average molecular weight is 325 g/mol. The Bertz CT molecular complexity index is 561. The van der Waals surface area contributed by atoms with Gasteiger partial charge in [-0.2, -0.15) is 0 Å². The number of nitrogens with one attached hydrogen (secondary N) is 1. The summed E-state index contributed by atoms with van der Waals surface area (Å²) in [6.07, 6.45) is 3.54. The van der Waals surface area contributed by atoms with Crippen molar-refractivity contribution in [3.05, 3.63) is 49.9 Å². The lowest BCUT2D eigenvalue weighted by Gasteiger charge is -2.06. The van der Waals surface area contributed by atoms with Crippen LogP contribution in [0.25, 0.3) is 0 Å². The Labute approximate surface area is 118 Å². The number of carbonyl (C=O) groups excluding carboxylic acids is 1. The number of nitrogens with zero attached hydrogens (tertiary/aromatic N) is 1. The molecule has 0 aliphatic rings. The van der Waals surface area contributed by atoms with Crippen molar-refractivity contribution in [3.63, 3.8) is 0 Å². The molecule has 0 aliphatic heterocycles. The van der Waals surface area contributed by atoms with Crippen molar-refractivity contribution in [2.75, 3.05) is 0 Å². The van der Waals surface area contributed by atoms with Crippen molar-refractivity contribution in [2.24, 2.45) is 0 Å². The second kappa shape index (κ2) is 5.63. The zero-order valence-corrected chi connectivity index (χ0v) is 12.6. The normalized spacial score (nSPS) is 10.4. The third kappa shape index (κ3) is 2.97. The van der Waals surface area contributed by atoms with Gasteiger partial charge in [-0.15, -0.1) is 11.3 Å². The van der Waals surface area contributed by atoms with Crippen molar-refractivity contribution in [3.8, 4) is 0 Å². The molecular formula is C13H13BrN2OS. The van der Waals surface area contributed by atoms with Gasteiger partial charge in [-0.3, -0.25) is 9.78 Å². The van der Waals surface area contributed by atoms with Crippen LogP contribution in [-0.2, 0) is 6.54 Å². The van der Waals surface area contributed by atoms with Crippen LogP contribution in [0.3, 0.4) is 0 Å². The van der Waals surface area contributed by atoms with Crippen LogP contribution in [0.1, 0.15) is 26.4 Å². The molecule has 3 nitrogen and oxygen atoms in total. The van der Waals surface area contributed by atoms with Crippen LogP contribution < -0.4 is 5.32 Å². The predicted octanol–water partition coefficient (Wildman–Crippen LogP) is 3.45. The van der Waals surface area contributed by atoms with Gasteiger partial charge < -0.3 is 5.32 Å².